The first-order valence-corrected chi connectivity index (χ1v) is 9.68. The van der Waals surface area contributed by atoms with Gasteiger partial charge in [-0.3, -0.25) is 0 Å². The summed E-state index contributed by atoms with van der Waals surface area (Å²) in [6.07, 6.45) is 11.6. The van der Waals surface area contributed by atoms with E-state index in [4.69, 9.17) is 0 Å². The fraction of sp³-hybridized carbons (Fsp3) is 0.583. The summed E-state index contributed by atoms with van der Waals surface area (Å²) >= 11 is 0. The average molecular weight is 357 g/mol. The van der Waals surface area contributed by atoms with Gasteiger partial charge in [-0.2, -0.15) is 0 Å². The molecule has 0 saturated heterocycles. The number of hydrogen-bond donors (Lipinski definition) is 1. The molecule has 0 rings (SSSR count). The Bertz CT molecular complexity index is 565. The molecule has 2 heteroatoms. The maximum Gasteiger partial charge on any atom is 0.0426 e. The Labute approximate surface area is 163 Å². The number of hydrogen-bond acceptors (Lipinski definition) is 2. The van der Waals surface area contributed by atoms with Gasteiger partial charge < -0.3 is 10.2 Å². The van der Waals surface area contributed by atoms with Crippen LogP contribution in [0, 0.1) is 23.2 Å². The molecule has 0 aromatic rings. The largest absolute Gasteiger partial charge is 0.367 e. The monoisotopic (exact) mass is 356 g/mol. The average Bonchev–Trinajstić information content (AvgIpc) is 2.60. The summed E-state index contributed by atoms with van der Waals surface area (Å²) in [6, 6.07) is 0.334. The Balaban J connectivity index is 5.35. The van der Waals surface area contributed by atoms with Gasteiger partial charge in [0.25, 0.3) is 0 Å². The van der Waals surface area contributed by atoms with Crippen LogP contribution in [-0.2, 0) is 0 Å². The second-order valence-corrected chi connectivity index (χ2v) is 7.82. The number of nitrogens with one attached hydrogen (secondary N) is 1. The van der Waals surface area contributed by atoms with E-state index in [1.807, 2.05) is 14.0 Å². The van der Waals surface area contributed by atoms with Crippen molar-refractivity contribution in [2.24, 2.45) is 11.3 Å². The summed E-state index contributed by atoms with van der Waals surface area (Å²) in [5.74, 6) is 6.62. The van der Waals surface area contributed by atoms with Crippen molar-refractivity contribution < 1.29 is 0 Å². The Morgan fingerprint density at radius 2 is 1.88 bits per heavy atom. The molecule has 0 fully saturated rings. The van der Waals surface area contributed by atoms with Gasteiger partial charge in [0.1, 0.15) is 0 Å². The summed E-state index contributed by atoms with van der Waals surface area (Å²) < 4.78 is 0. The van der Waals surface area contributed by atoms with E-state index < -0.39 is 0 Å². The lowest BCUT2D eigenvalue weighted by molar-refractivity contribution is 0.171. The van der Waals surface area contributed by atoms with Gasteiger partial charge >= 0.3 is 0 Å². The van der Waals surface area contributed by atoms with Crippen LogP contribution in [0.25, 0.3) is 0 Å². The Hall–Kier alpha value is -1.72. The molecule has 0 radical (unpaired) electrons. The summed E-state index contributed by atoms with van der Waals surface area (Å²) in [5, 5.41) is 3.24. The van der Waals surface area contributed by atoms with Crippen LogP contribution < -0.4 is 5.32 Å². The second-order valence-electron chi connectivity index (χ2n) is 7.82. The summed E-state index contributed by atoms with van der Waals surface area (Å²) in [4.78, 5) is 2.39. The van der Waals surface area contributed by atoms with E-state index in [1.165, 1.54) is 5.57 Å². The summed E-state index contributed by atoms with van der Waals surface area (Å²) in [7, 11) is 1.97. The third kappa shape index (κ3) is 9.68. The highest BCUT2D eigenvalue weighted by Crippen LogP contribution is 2.29. The molecule has 1 N–H and O–H groups in total. The minimum atomic E-state index is 0.210. The van der Waals surface area contributed by atoms with Crippen LogP contribution in [0.3, 0.4) is 0 Å². The van der Waals surface area contributed by atoms with Crippen LogP contribution in [0.5, 0.6) is 0 Å². The molecular weight excluding hydrogens is 316 g/mol. The van der Waals surface area contributed by atoms with Gasteiger partial charge in [0.15, 0.2) is 0 Å². The number of allylic oxidation sites excluding steroid dienone is 3. The van der Waals surface area contributed by atoms with Crippen molar-refractivity contribution in [3.63, 3.8) is 0 Å². The molecule has 0 aromatic carbocycles. The SMILES string of the molecule is C=C(/C=C/C(C)NC)N(CC(/C=C\CC#CC)=C/C)CC(C)(C)C(C)C. The maximum absolute atomic E-state index is 4.34. The first-order chi connectivity index (χ1) is 12.2. The molecule has 0 heterocycles. The zero-order chi connectivity index (χ0) is 20.2. The molecular formula is C24H40N2. The van der Waals surface area contributed by atoms with E-state index in [2.05, 4.69) is 101 Å². The van der Waals surface area contributed by atoms with Crippen molar-refractivity contribution in [1.82, 2.24) is 10.2 Å². The van der Waals surface area contributed by atoms with E-state index in [1.54, 1.807) is 0 Å². The molecule has 0 saturated carbocycles. The van der Waals surface area contributed by atoms with Crippen molar-refractivity contribution in [2.75, 3.05) is 20.1 Å². The van der Waals surface area contributed by atoms with E-state index >= 15 is 0 Å². The molecule has 146 valence electrons. The van der Waals surface area contributed by atoms with Crippen LogP contribution in [-0.4, -0.2) is 31.1 Å². The minimum absolute atomic E-state index is 0.210. The highest BCUT2D eigenvalue weighted by atomic mass is 15.1. The van der Waals surface area contributed by atoms with Gasteiger partial charge in [-0.25, -0.2) is 0 Å². The number of nitrogens with zero attached hydrogens (tertiary/aromatic N) is 1. The van der Waals surface area contributed by atoms with Crippen LogP contribution in [0.15, 0.2) is 48.2 Å². The zero-order valence-corrected chi connectivity index (χ0v) is 18.3. The molecule has 1 atom stereocenters. The minimum Gasteiger partial charge on any atom is -0.367 e. The van der Waals surface area contributed by atoms with E-state index in [0.717, 1.165) is 25.2 Å². The first-order valence-electron chi connectivity index (χ1n) is 9.68. The van der Waals surface area contributed by atoms with Gasteiger partial charge in [-0.05, 0) is 50.8 Å². The van der Waals surface area contributed by atoms with E-state index in [-0.39, 0.29) is 5.41 Å². The molecule has 0 aliphatic rings. The second kappa shape index (κ2) is 12.6. The molecule has 0 amide bonds. The van der Waals surface area contributed by atoms with Gasteiger partial charge in [-0.15, -0.1) is 5.92 Å². The molecule has 0 aromatic heterocycles. The fourth-order valence-corrected chi connectivity index (χ4v) is 2.22. The van der Waals surface area contributed by atoms with Gasteiger partial charge in [-0.1, -0.05) is 64.5 Å². The Kier molecular flexibility index (Phi) is 11.8. The first kappa shape index (κ1) is 24.3. The van der Waals surface area contributed by atoms with Crippen LogP contribution in [0.2, 0.25) is 0 Å². The van der Waals surface area contributed by atoms with Crippen LogP contribution >= 0.6 is 0 Å². The van der Waals surface area contributed by atoms with Crippen molar-refractivity contribution in [1.29, 1.82) is 0 Å². The molecule has 0 spiro atoms. The van der Waals surface area contributed by atoms with Crippen molar-refractivity contribution in [3.05, 3.63) is 48.2 Å². The van der Waals surface area contributed by atoms with Crippen LogP contribution in [0.4, 0.5) is 0 Å². The number of likely N-dealkylation sites (N-methyl/N-ethyl adjacent to an activating group) is 1. The van der Waals surface area contributed by atoms with E-state index in [0.29, 0.717) is 12.0 Å². The highest BCUT2D eigenvalue weighted by Gasteiger charge is 2.25. The van der Waals surface area contributed by atoms with Crippen molar-refractivity contribution in [2.45, 2.75) is 60.9 Å². The summed E-state index contributed by atoms with van der Waals surface area (Å²) in [5.41, 5.74) is 2.56. The lowest BCUT2D eigenvalue weighted by Crippen LogP contribution is -2.37. The highest BCUT2D eigenvalue weighted by molar-refractivity contribution is 5.25. The molecule has 2 nitrogen and oxygen atoms in total. The van der Waals surface area contributed by atoms with Gasteiger partial charge in [0.2, 0.25) is 0 Å². The quantitative estimate of drug-likeness (QED) is 0.385. The Morgan fingerprint density at radius 1 is 1.23 bits per heavy atom. The maximum atomic E-state index is 4.34. The standard InChI is InChI=1S/C24H40N2/c1-10-12-13-14-15-23(11-2)18-26(19-24(7,8)20(3)4)22(6)17-16-21(5)25-9/h11,14-17,20-21,25H,6,13,18-19H2,1-5,7-9H3/b15-14-,17-16+,23-11+. The topological polar surface area (TPSA) is 15.3 Å². The lowest BCUT2D eigenvalue weighted by Gasteiger charge is -2.37. The molecule has 26 heavy (non-hydrogen) atoms. The van der Waals surface area contributed by atoms with Crippen molar-refractivity contribution >= 4 is 0 Å². The molecule has 1 unspecified atom stereocenters. The smallest absolute Gasteiger partial charge is 0.0426 e. The third-order valence-corrected chi connectivity index (χ3v) is 5.07. The number of rotatable bonds is 11. The van der Waals surface area contributed by atoms with Crippen LogP contribution in [0.1, 0.15) is 54.9 Å². The van der Waals surface area contributed by atoms with Crippen molar-refractivity contribution in [3.8, 4) is 11.8 Å². The predicted octanol–water partition coefficient (Wildman–Crippen LogP) is 5.56. The third-order valence-electron chi connectivity index (χ3n) is 5.07. The lowest BCUT2D eigenvalue weighted by atomic mass is 9.80. The Morgan fingerprint density at radius 3 is 2.38 bits per heavy atom. The van der Waals surface area contributed by atoms with Gasteiger partial charge in [0, 0.05) is 31.2 Å². The normalized spacial score (nSPS) is 14.0. The molecule has 0 aliphatic carbocycles. The zero-order valence-electron chi connectivity index (χ0n) is 18.3. The summed E-state index contributed by atoms with van der Waals surface area (Å²) in [6.45, 7) is 21.5. The van der Waals surface area contributed by atoms with E-state index in [9.17, 15) is 0 Å². The van der Waals surface area contributed by atoms with Gasteiger partial charge in [0.05, 0.1) is 0 Å². The molecule has 0 aliphatic heterocycles. The predicted molar refractivity (Wildman–Crippen MR) is 118 cm³/mol. The molecule has 0 bridgehead atoms. The fourth-order valence-electron chi connectivity index (χ4n) is 2.22.